The van der Waals surface area contributed by atoms with Gasteiger partial charge in [0.1, 0.15) is 11.5 Å². The molecule has 0 unspecified atom stereocenters. The Balaban J connectivity index is 3.21. The number of hydrogen-bond acceptors (Lipinski definition) is 3. The molecular formula is C6H4F5N3. The van der Waals surface area contributed by atoms with Gasteiger partial charge in [0.05, 0.1) is 0 Å². The molecular weight excluding hydrogens is 209 g/mol. The molecule has 78 valence electrons. The predicted molar refractivity (Wildman–Crippen MR) is 36.4 cm³/mol. The van der Waals surface area contributed by atoms with E-state index in [0.717, 1.165) is 0 Å². The molecule has 8 heteroatoms. The Morgan fingerprint density at radius 1 is 1.21 bits per heavy atom. The average Bonchev–Trinajstić information content (AvgIpc) is 2.01. The van der Waals surface area contributed by atoms with Crippen molar-refractivity contribution in [2.45, 2.75) is 12.6 Å². The lowest BCUT2D eigenvalue weighted by atomic mass is 10.4. The molecule has 0 saturated heterocycles. The van der Waals surface area contributed by atoms with Crippen LogP contribution >= 0.6 is 0 Å². The van der Waals surface area contributed by atoms with Gasteiger partial charge in [-0.1, -0.05) is 0 Å². The third-order valence-electron chi connectivity index (χ3n) is 1.24. The van der Waals surface area contributed by atoms with Crippen LogP contribution in [0, 0.1) is 0 Å². The van der Waals surface area contributed by atoms with Crippen molar-refractivity contribution in [2.75, 3.05) is 5.73 Å². The summed E-state index contributed by atoms with van der Waals surface area (Å²) in [6.07, 6.45) is -7.99. The van der Waals surface area contributed by atoms with Gasteiger partial charge < -0.3 is 5.73 Å². The zero-order valence-corrected chi connectivity index (χ0v) is 6.52. The quantitative estimate of drug-likeness (QED) is 0.726. The van der Waals surface area contributed by atoms with Crippen molar-refractivity contribution in [3.63, 3.8) is 0 Å². The average molecular weight is 213 g/mol. The van der Waals surface area contributed by atoms with E-state index < -0.39 is 29.9 Å². The summed E-state index contributed by atoms with van der Waals surface area (Å²) in [4.78, 5) is 5.43. The summed E-state index contributed by atoms with van der Waals surface area (Å²) in [6, 6.07) is 0.597. The second-order valence-electron chi connectivity index (χ2n) is 2.34. The first-order valence-electron chi connectivity index (χ1n) is 3.30. The molecule has 1 aromatic heterocycles. The van der Waals surface area contributed by atoms with Crippen LogP contribution in [-0.2, 0) is 6.18 Å². The standard InChI is InChI=1S/C6H4F5N3/c7-4(8)2-1-3(12)14-5(13-2)6(9,10)11/h1,4H,(H2,12,13,14). The van der Waals surface area contributed by atoms with Crippen molar-refractivity contribution < 1.29 is 22.0 Å². The maximum absolute atomic E-state index is 12.0. The van der Waals surface area contributed by atoms with Crippen LogP contribution in [-0.4, -0.2) is 9.97 Å². The fourth-order valence-electron chi connectivity index (χ4n) is 0.724. The summed E-state index contributed by atoms with van der Waals surface area (Å²) in [6.45, 7) is 0. The molecule has 0 aliphatic heterocycles. The number of halogens is 5. The van der Waals surface area contributed by atoms with E-state index in [1.165, 1.54) is 0 Å². The third kappa shape index (κ3) is 2.27. The summed E-state index contributed by atoms with van der Waals surface area (Å²) in [5.74, 6) is -2.30. The Morgan fingerprint density at radius 2 is 1.79 bits per heavy atom. The lowest BCUT2D eigenvalue weighted by Gasteiger charge is -2.07. The summed E-state index contributed by atoms with van der Waals surface area (Å²) < 4.78 is 60.0. The van der Waals surface area contributed by atoms with Gasteiger partial charge in [0.15, 0.2) is 0 Å². The van der Waals surface area contributed by atoms with Crippen molar-refractivity contribution in [1.82, 2.24) is 9.97 Å². The molecule has 0 spiro atoms. The maximum atomic E-state index is 12.0. The number of nitrogens with zero attached hydrogens (tertiary/aromatic N) is 2. The minimum atomic E-state index is -4.88. The molecule has 3 nitrogen and oxygen atoms in total. The van der Waals surface area contributed by atoms with E-state index in [-0.39, 0.29) is 0 Å². The Hall–Kier alpha value is -1.47. The first kappa shape index (κ1) is 10.6. The molecule has 1 heterocycles. The summed E-state index contributed by atoms with van der Waals surface area (Å²) in [7, 11) is 0. The van der Waals surface area contributed by atoms with E-state index in [2.05, 4.69) is 9.97 Å². The molecule has 0 atom stereocenters. The normalized spacial score (nSPS) is 12.1. The van der Waals surface area contributed by atoms with Gasteiger partial charge in [-0.15, -0.1) is 0 Å². The molecule has 0 aliphatic carbocycles. The van der Waals surface area contributed by atoms with Crippen LogP contribution in [0.1, 0.15) is 17.9 Å². The van der Waals surface area contributed by atoms with Crippen LogP contribution in [0.25, 0.3) is 0 Å². The Morgan fingerprint density at radius 3 is 2.21 bits per heavy atom. The highest BCUT2D eigenvalue weighted by Crippen LogP contribution is 2.28. The molecule has 14 heavy (non-hydrogen) atoms. The van der Waals surface area contributed by atoms with Crippen molar-refractivity contribution in [3.8, 4) is 0 Å². The van der Waals surface area contributed by atoms with Gasteiger partial charge in [0, 0.05) is 6.07 Å². The Labute approximate surface area is 74.8 Å². The minimum Gasteiger partial charge on any atom is -0.384 e. The van der Waals surface area contributed by atoms with Crippen LogP contribution in [0.4, 0.5) is 27.8 Å². The molecule has 0 saturated carbocycles. The zero-order chi connectivity index (χ0) is 10.9. The van der Waals surface area contributed by atoms with E-state index in [0.29, 0.717) is 6.07 Å². The van der Waals surface area contributed by atoms with Gasteiger partial charge >= 0.3 is 6.18 Å². The molecule has 1 aromatic rings. The summed E-state index contributed by atoms with van der Waals surface area (Å²) in [5.41, 5.74) is 3.87. The lowest BCUT2D eigenvalue weighted by molar-refractivity contribution is -0.145. The van der Waals surface area contributed by atoms with E-state index in [1.807, 2.05) is 0 Å². The first-order chi connectivity index (χ1) is 6.30. The first-order valence-corrected chi connectivity index (χ1v) is 3.30. The molecule has 0 fully saturated rings. The number of nitrogen functional groups attached to an aromatic ring is 1. The van der Waals surface area contributed by atoms with Crippen LogP contribution in [0.2, 0.25) is 0 Å². The fourth-order valence-corrected chi connectivity index (χ4v) is 0.724. The number of anilines is 1. The summed E-state index contributed by atoms with van der Waals surface area (Å²) in [5, 5.41) is 0. The van der Waals surface area contributed by atoms with E-state index in [9.17, 15) is 22.0 Å². The third-order valence-corrected chi connectivity index (χ3v) is 1.24. The topological polar surface area (TPSA) is 51.8 Å². The van der Waals surface area contributed by atoms with Crippen molar-refractivity contribution in [3.05, 3.63) is 17.6 Å². The van der Waals surface area contributed by atoms with Crippen molar-refractivity contribution >= 4 is 5.82 Å². The number of nitrogens with two attached hydrogens (primary N) is 1. The second-order valence-corrected chi connectivity index (χ2v) is 2.34. The van der Waals surface area contributed by atoms with Gasteiger partial charge in [-0.05, 0) is 0 Å². The maximum Gasteiger partial charge on any atom is 0.451 e. The smallest absolute Gasteiger partial charge is 0.384 e. The molecule has 2 N–H and O–H groups in total. The zero-order valence-electron chi connectivity index (χ0n) is 6.52. The lowest BCUT2D eigenvalue weighted by Crippen LogP contribution is -2.14. The number of rotatable bonds is 1. The second kappa shape index (κ2) is 3.35. The highest BCUT2D eigenvalue weighted by molar-refractivity contribution is 5.30. The van der Waals surface area contributed by atoms with E-state index in [1.54, 1.807) is 0 Å². The van der Waals surface area contributed by atoms with Crippen LogP contribution in [0.3, 0.4) is 0 Å². The summed E-state index contributed by atoms with van der Waals surface area (Å²) >= 11 is 0. The molecule has 0 amide bonds. The van der Waals surface area contributed by atoms with Gasteiger partial charge in [-0.2, -0.15) is 13.2 Å². The molecule has 1 rings (SSSR count). The number of aromatic nitrogens is 2. The molecule has 0 aliphatic rings. The fraction of sp³-hybridized carbons (Fsp3) is 0.333. The SMILES string of the molecule is Nc1cc(C(F)F)nc(C(F)(F)F)n1. The highest BCUT2D eigenvalue weighted by atomic mass is 19.4. The van der Waals surface area contributed by atoms with E-state index in [4.69, 9.17) is 5.73 Å². The largest absolute Gasteiger partial charge is 0.451 e. The van der Waals surface area contributed by atoms with E-state index >= 15 is 0 Å². The van der Waals surface area contributed by atoms with Crippen LogP contribution in [0.15, 0.2) is 6.07 Å². The Kier molecular flexibility index (Phi) is 2.54. The molecule has 0 bridgehead atoms. The predicted octanol–water partition coefficient (Wildman–Crippen LogP) is 2.02. The van der Waals surface area contributed by atoms with Crippen LogP contribution in [0.5, 0.6) is 0 Å². The van der Waals surface area contributed by atoms with Crippen LogP contribution < -0.4 is 5.73 Å². The molecule has 0 aromatic carbocycles. The van der Waals surface area contributed by atoms with Gasteiger partial charge in [0.25, 0.3) is 6.43 Å². The Bertz CT molecular complexity index is 335. The minimum absolute atomic E-state index is 0.597. The van der Waals surface area contributed by atoms with Gasteiger partial charge in [0.2, 0.25) is 5.82 Å². The van der Waals surface area contributed by atoms with Gasteiger partial charge in [-0.25, -0.2) is 18.7 Å². The monoisotopic (exact) mass is 213 g/mol. The highest BCUT2D eigenvalue weighted by Gasteiger charge is 2.35. The van der Waals surface area contributed by atoms with Gasteiger partial charge in [-0.3, -0.25) is 0 Å². The van der Waals surface area contributed by atoms with Crippen molar-refractivity contribution in [2.24, 2.45) is 0 Å². The van der Waals surface area contributed by atoms with Crippen molar-refractivity contribution in [1.29, 1.82) is 0 Å². The molecule has 0 radical (unpaired) electrons. The number of hydrogen-bond donors (Lipinski definition) is 1. The number of alkyl halides is 5.